The van der Waals surface area contributed by atoms with Gasteiger partial charge in [-0.3, -0.25) is 9.97 Å². The largest absolute Gasteiger partial charge is 0.256 e. The van der Waals surface area contributed by atoms with Crippen molar-refractivity contribution in [3.8, 4) is 44.8 Å². The summed E-state index contributed by atoms with van der Waals surface area (Å²) in [5.41, 5.74) is 8.71. The van der Waals surface area contributed by atoms with Gasteiger partial charge < -0.3 is 0 Å². The molecule has 5 aromatic carbocycles. The number of nitrogens with zero attached hydrogens (tertiary/aromatic N) is 2. The predicted octanol–water partition coefficient (Wildman–Crippen LogP) is 9.45. The molecule has 2 aromatic heterocycles. The lowest BCUT2D eigenvalue weighted by atomic mass is 9.85. The van der Waals surface area contributed by atoms with Crippen LogP contribution in [0.1, 0.15) is 0 Å². The van der Waals surface area contributed by atoms with Crippen molar-refractivity contribution in [2.45, 2.75) is 0 Å². The van der Waals surface area contributed by atoms with Crippen LogP contribution in [0.5, 0.6) is 0 Å². The molecule has 0 radical (unpaired) electrons. The maximum absolute atomic E-state index is 4.89. The van der Waals surface area contributed by atoms with Gasteiger partial charge in [0, 0.05) is 34.6 Å². The fourth-order valence-electron chi connectivity index (χ4n) is 5.38. The van der Waals surface area contributed by atoms with E-state index < -0.39 is 0 Å². The minimum Gasteiger partial charge on any atom is -0.256 e. The van der Waals surface area contributed by atoms with E-state index in [-0.39, 0.29) is 0 Å². The van der Waals surface area contributed by atoms with Crippen molar-refractivity contribution < 1.29 is 0 Å². The molecule has 0 spiro atoms. The Labute approximate surface area is 221 Å². The Balaban J connectivity index is 1.48. The molecular weight excluding hydrogens is 460 g/mol. The minimum absolute atomic E-state index is 0.967. The molecule has 7 aromatic rings. The highest BCUT2D eigenvalue weighted by atomic mass is 14.7. The van der Waals surface area contributed by atoms with Crippen LogP contribution in [0.25, 0.3) is 66.3 Å². The molecule has 0 unspecified atom stereocenters. The minimum atomic E-state index is 0.967. The molecule has 0 amide bonds. The molecule has 0 saturated carbocycles. The smallest absolute Gasteiger partial charge is 0.0702 e. The van der Waals surface area contributed by atoms with Gasteiger partial charge in [-0.2, -0.15) is 0 Å². The monoisotopic (exact) mass is 484 g/mol. The molecule has 2 nitrogen and oxygen atoms in total. The number of hydrogen-bond donors (Lipinski definition) is 0. The zero-order valence-electron chi connectivity index (χ0n) is 20.8. The molecule has 2 heteroatoms. The SMILES string of the molecule is c1ccc(-c2ccc(-c3c(-c4ccc(-c5ccccc5)nc4)c4ccccc4c4ccccc34)cn2)cc1. The number of pyridine rings is 2. The van der Waals surface area contributed by atoms with Crippen LogP contribution in [0.4, 0.5) is 0 Å². The van der Waals surface area contributed by atoms with Crippen molar-refractivity contribution in [2.24, 2.45) is 0 Å². The first-order valence-corrected chi connectivity index (χ1v) is 12.8. The summed E-state index contributed by atoms with van der Waals surface area (Å²) in [4.78, 5) is 9.77. The molecule has 0 fully saturated rings. The van der Waals surface area contributed by atoms with Crippen LogP contribution in [0.2, 0.25) is 0 Å². The Morgan fingerprint density at radius 3 is 1.03 bits per heavy atom. The number of fused-ring (bicyclic) bond motifs is 3. The molecule has 0 aliphatic rings. The fraction of sp³-hybridized carbons (Fsp3) is 0. The van der Waals surface area contributed by atoms with Crippen molar-refractivity contribution in [2.75, 3.05) is 0 Å². The summed E-state index contributed by atoms with van der Waals surface area (Å²) in [6.07, 6.45) is 4.02. The molecule has 0 atom stereocenters. The van der Waals surface area contributed by atoms with E-state index >= 15 is 0 Å². The maximum atomic E-state index is 4.89. The van der Waals surface area contributed by atoms with Gasteiger partial charge in [0.1, 0.15) is 0 Å². The van der Waals surface area contributed by atoms with E-state index in [9.17, 15) is 0 Å². The lowest BCUT2D eigenvalue weighted by Crippen LogP contribution is -1.94. The van der Waals surface area contributed by atoms with Gasteiger partial charge in [-0.25, -0.2) is 0 Å². The highest BCUT2D eigenvalue weighted by Crippen LogP contribution is 2.44. The number of rotatable bonds is 4. The first-order valence-electron chi connectivity index (χ1n) is 12.8. The summed E-state index contributed by atoms with van der Waals surface area (Å²) in [7, 11) is 0. The molecule has 0 saturated heterocycles. The van der Waals surface area contributed by atoms with Gasteiger partial charge in [-0.1, -0.05) is 121 Å². The van der Waals surface area contributed by atoms with Crippen molar-refractivity contribution in [3.05, 3.63) is 146 Å². The Morgan fingerprint density at radius 2 is 0.658 bits per heavy atom. The Bertz CT molecular complexity index is 1730. The van der Waals surface area contributed by atoms with Gasteiger partial charge in [-0.05, 0) is 44.8 Å². The van der Waals surface area contributed by atoms with Gasteiger partial charge in [0.05, 0.1) is 11.4 Å². The van der Waals surface area contributed by atoms with Crippen molar-refractivity contribution >= 4 is 21.5 Å². The Hall–Kier alpha value is -5.08. The predicted molar refractivity (Wildman–Crippen MR) is 159 cm³/mol. The molecule has 0 bridgehead atoms. The van der Waals surface area contributed by atoms with Crippen LogP contribution in [0.3, 0.4) is 0 Å². The second kappa shape index (κ2) is 9.42. The third-order valence-electron chi connectivity index (χ3n) is 7.18. The third-order valence-corrected chi connectivity index (χ3v) is 7.18. The summed E-state index contributed by atoms with van der Waals surface area (Å²) in [6, 6.07) is 46.6. The van der Waals surface area contributed by atoms with E-state index in [1.54, 1.807) is 0 Å². The van der Waals surface area contributed by atoms with Crippen LogP contribution in [-0.2, 0) is 0 Å². The van der Waals surface area contributed by atoms with Crippen molar-refractivity contribution in [1.29, 1.82) is 0 Å². The van der Waals surface area contributed by atoms with Crippen LogP contribution < -0.4 is 0 Å². The molecule has 7 rings (SSSR count). The van der Waals surface area contributed by atoms with Crippen molar-refractivity contribution in [3.63, 3.8) is 0 Å². The van der Waals surface area contributed by atoms with Gasteiger partial charge >= 0.3 is 0 Å². The zero-order valence-corrected chi connectivity index (χ0v) is 20.8. The topological polar surface area (TPSA) is 25.8 Å². The van der Waals surface area contributed by atoms with E-state index in [1.165, 1.54) is 32.7 Å². The summed E-state index contributed by atoms with van der Waals surface area (Å²) in [6.45, 7) is 0. The van der Waals surface area contributed by atoms with E-state index in [2.05, 4.69) is 97.1 Å². The molecule has 2 heterocycles. The van der Waals surface area contributed by atoms with E-state index in [1.807, 2.05) is 48.8 Å². The number of aromatic nitrogens is 2. The second-order valence-corrected chi connectivity index (χ2v) is 9.44. The average molecular weight is 485 g/mol. The molecule has 0 N–H and O–H groups in total. The zero-order chi connectivity index (χ0) is 25.3. The molecule has 38 heavy (non-hydrogen) atoms. The normalized spacial score (nSPS) is 11.2. The summed E-state index contributed by atoms with van der Waals surface area (Å²) in [5, 5.41) is 4.90. The molecular formula is C36H24N2. The van der Waals surface area contributed by atoms with Crippen LogP contribution in [-0.4, -0.2) is 9.97 Å². The lowest BCUT2D eigenvalue weighted by molar-refractivity contribution is 1.32. The summed E-state index contributed by atoms with van der Waals surface area (Å²) in [5.74, 6) is 0. The third kappa shape index (κ3) is 3.84. The maximum Gasteiger partial charge on any atom is 0.0702 e. The van der Waals surface area contributed by atoms with Crippen molar-refractivity contribution in [1.82, 2.24) is 9.97 Å². The quantitative estimate of drug-likeness (QED) is 0.233. The van der Waals surface area contributed by atoms with E-state index in [4.69, 9.17) is 9.97 Å². The standard InChI is InChI=1S/C36H24N2/c1-3-11-25(12-4-1)33-21-19-27(23-37-33)35-31-17-9-7-15-29(31)30-16-8-10-18-32(30)36(35)28-20-22-34(38-24-28)26-13-5-2-6-14-26/h1-24H. The highest BCUT2D eigenvalue weighted by molar-refractivity contribution is 6.21. The summed E-state index contributed by atoms with van der Waals surface area (Å²) >= 11 is 0. The van der Waals surface area contributed by atoms with Crippen LogP contribution in [0.15, 0.2) is 146 Å². The van der Waals surface area contributed by atoms with Crippen LogP contribution in [0, 0.1) is 0 Å². The van der Waals surface area contributed by atoms with Gasteiger partial charge in [-0.15, -0.1) is 0 Å². The van der Waals surface area contributed by atoms with Crippen LogP contribution >= 0.6 is 0 Å². The molecule has 178 valence electrons. The lowest BCUT2D eigenvalue weighted by Gasteiger charge is -2.18. The Kier molecular flexibility index (Phi) is 5.49. The fourth-order valence-corrected chi connectivity index (χ4v) is 5.38. The van der Waals surface area contributed by atoms with Gasteiger partial charge in [0.15, 0.2) is 0 Å². The molecule has 0 aliphatic carbocycles. The first kappa shape index (κ1) is 22.1. The summed E-state index contributed by atoms with van der Waals surface area (Å²) < 4.78 is 0. The Morgan fingerprint density at radius 1 is 0.289 bits per heavy atom. The average Bonchev–Trinajstić information content (AvgIpc) is 3.01. The molecule has 0 aliphatic heterocycles. The van der Waals surface area contributed by atoms with Gasteiger partial charge in [0.2, 0.25) is 0 Å². The second-order valence-electron chi connectivity index (χ2n) is 9.44. The van der Waals surface area contributed by atoms with Gasteiger partial charge in [0.25, 0.3) is 0 Å². The highest BCUT2D eigenvalue weighted by Gasteiger charge is 2.18. The van der Waals surface area contributed by atoms with E-state index in [0.29, 0.717) is 0 Å². The number of benzene rings is 5. The number of hydrogen-bond acceptors (Lipinski definition) is 2. The first-order chi connectivity index (χ1) is 18.9. The van der Waals surface area contributed by atoms with E-state index in [0.717, 1.165) is 33.6 Å².